The molecule has 0 spiro atoms. The molecule has 0 heterocycles. The molecule has 0 saturated carbocycles. The number of rotatable bonds is 6. The molecule has 100 valence electrons. The van der Waals surface area contributed by atoms with Gasteiger partial charge in [-0.1, -0.05) is 66.8 Å². The van der Waals surface area contributed by atoms with Crippen LogP contribution in [0.5, 0.6) is 0 Å². The van der Waals surface area contributed by atoms with E-state index < -0.39 is 0 Å². The van der Waals surface area contributed by atoms with Gasteiger partial charge in [0.15, 0.2) is 0 Å². The fraction of sp³-hybridized carbons (Fsp3) is 0.444. The zero-order chi connectivity index (χ0) is 13.8. The Hall–Kier alpha value is -1.18. The number of hydrogen-bond donors (Lipinski definition) is 0. The van der Waals surface area contributed by atoms with Crippen LogP contribution < -0.4 is 0 Å². The maximum absolute atomic E-state index is 3.40. The molecule has 0 N–H and O–H groups in total. The second kappa shape index (κ2) is 10.7. The van der Waals surface area contributed by atoms with Gasteiger partial charge in [0, 0.05) is 16.5 Å². The number of benzene rings is 1. The van der Waals surface area contributed by atoms with E-state index in [1.165, 1.54) is 38.5 Å². The lowest BCUT2D eigenvalue weighted by Gasteiger charge is -1.96. The minimum atomic E-state index is 0.973. The van der Waals surface area contributed by atoms with Crippen LogP contribution in [-0.4, -0.2) is 0 Å². The standard InChI is InChI=1S/C18H21Br/c1-2-3-4-5-6-7-8-9-10-11-12-17-13-15-18(19)16-14-17/h13-16H,2-8H2,1H3. The molecule has 0 fully saturated rings. The lowest BCUT2D eigenvalue weighted by molar-refractivity contribution is 0.614. The summed E-state index contributed by atoms with van der Waals surface area (Å²) in [5, 5.41) is 0. The second-order valence-corrected chi connectivity index (χ2v) is 5.49. The molecule has 0 atom stereocenters. The summed E-state index contributed by atoms with van der Waals surface area (Å²) in [6.45, 7) is 2.25. The molecule has 0 nitrogen and oxygen atoms in total. The first-order valence-corrected chi connectivity index (χ1v) is 7.86. The van der Waals surface area contributed by atoms with Gasteiger partial charge in [-0.25, -0.2) is 0 Å². The summed E-state index contributed by atoms with van der Waals surface area (Å²) < 4.78 is 1.08. The lowest BCUT2D eigenvalue weighted by atomic mass is 10.1. The highest BCUT2D eigenvalue weighted by atomic mass is 79.9. The molecule has 0 bridgehead atoms. The predicted molar refractivity (Wildman–Crippen MR) is 86.8 cm³/mol. The Kier molecular flexibility index (Phi) is 8.95. The zero-order valence-corrected chi connectivity index (χ0v) is 13.2. The summed E-state index contributed by atoms with van der Waals surface area (Å²) in [5.74, 6) is 12.0. The maximum atomic E-state index is 3.40. The van der Waals surface area contributed by atoms with Crippen LogP contribution in [0, 0.1) is 23.7 Å². The Morgan fingerprint density at radius 1 is 0.895 bits per heavy atom. The van der Waals surface area contributed by atoms with Crippen molar-refractivity contribution in [3.63, 3.8) is 0 Å². The van der Waals surface area contributed by atoms with Gasteiger partial charge in [-0.2, -0.15) is 0 Å². The second-order valence-electron chi connectivity index (χ2n) is 4.58. The Balaban J connectivity index is 2.16. The van der Waals surface area contributed by atoms with Crippen molar-refractivity contribution in [2.45, 2.75) is 51.9 Å². The van der Waals surface area contributed by atoms with Crippen molar-refractivity contribution in [1.29, 1.82) is 0 Å². The first-order valence-electron chi connectivity index (χ1n) is 7.07. The summed E-state index contributed by atoms with van der Waals surface area (Å²) in [7, 11) is 0. The molecule has 0 unspecified atom stereocenters. The van der Waals surface area contributed by atoms with Crippen molar-refractivity contribution < 1.29 is 0 Å². The van der Waals surface area contributed by atoms with Crippen molar-refractivity contribution in [3.05, 3.63) is 34.3 Å². The van der Waals surface area contributed by atoms with E-state index in [1.807, 2.05) is 24.3 Å². The monoisotopic (exact) mass is 316 g/mol. The molecule has 1 heteroatoms. The molecular weight excluding hydrogens is 296 g/mol. The average Bonchev–Trinajstić information content (AvgIpc) is 2.43. The predicted octanol–water partition coefficient (Wildman–Crippen LogP) is 5.55. The maximum Gasteiger partial charge on any atom is 0.0256 e. The molecular formula is C18H21Br. The van der Waals surface area contributed by atoms with Crippen molar-refractivity contribution in [1.82, 2.24) is 0 Å². The number of unbranched alkanes of at least 4 members (excludes halogenated alkanes) is 6. The average molecular weight is 317 g/mol. The van der Waals surface area contributed by atoms with Gasteiger partial charge in [-0.3, -0.25) is 0 Å². The van der Waals surface area contributed by atoms with Gasteiger partial charge in [0.25, 0.3) is 0 Å². The Labute approximate surface area is 126 Å². The first kappa shape index (κ1) is 15.9. The summed E-state index contributed by atoms with van der Waals surface area (Å²) >= 11 is 3.40. The van der Waals surface area contributed by atoms with Gasteiger partial charge < -0.3 is 0 Å². The van der Waals surface area contributed by atoms with Crippen LogP contribution in [0.15, 0.2) is 28.7 Å². The summed E-state index contributed by atoms with van der Waals surface area (Å²) in [5.41, 5.74) is 1.01. The van der Waals surface area contributed by atoms with E-state index in [0.29, 0.717) is 0 Å². The Morgan fingerprint density at radius 2 is 1.58 bits per heavy atom. The zero-order valence-electron chi connectivity index (χ0n) is 11.6. The highest BCUT2D eigenvalue weighted by Gasteiger charge is 1.88. The highest BCUT2D eigenvalue weighted by molar-refractivity contribution is 9.10. The van der Waals surface area contributed by atoms with E-state index in [-0.39, 0.29) is 0 Å². The van der Waals surface area contributed by atoms with Crippen LogP contribution >= 0.6 is 15.9 Å². The van der Waals surface area contributed by atoms with E-state index in [2.05, 4.69) is 46.5 Å². The smallest absolute Gasteiger partial charge is 0.0256 e. The minimum Gasteiger partial charge on any atom is -0.0891 e. The molecule has 1 aromatic rings. The third-order valence-corrected chi connectivity index (χ3v) is 3.39. The van der Waals surface area contributed by atoms with Crippen LogP contribution in [0.3, 0.4) is 0 Å². The highest BCUT2D eigenvalue weighted by Crippen LogP contribution is 2.09. The summed E-state index contributed by atoms with van der Waals surface area (Å²) in [6, 6.07) is 7.97. The fourth-order valence-corrected chi connectivity index (χ4v) is 2.00. The largest absolute Gasteiger partial charge is 0.0891 e. The van der Waals surface area contributed by atoms with Crippen molar-refractivity contribution >= 4 is 15.9 Å². The molecule has 0 amide bonds. The summed E-state index contributed by atoms with van der Waals surface area (Å²) in [4.78, 5) is 0. The molecule has 0 aliphatic rings. The Morgan fingerprint density at radius 3 is 2.32 bits per heavy atom. The Bertz CT molecular complexity index is 462. The molecule has 0 aliphatic heterocycles. The molecule has 1 rings (SSSR count). The molecule has 0 radical (unpaired) electrons. The van der Waals surface area contributed by atoms with Gasteiger partial charge in [-0.05, 0) is 42.5 Å². The van der Waals surface area contributed by atoms with Gasteiger partial charge in [-0.15, -0.1) is 0 Å². The summed E-state index contributed by atoms with van der Waals surface area (Å²) in [6.07, 6.45) is 8.87. The number of halogens is 1. The SMILES string of the molecule is CCCCCCCCC#CC#Cc1ccc(Br)cc1. The van der Waals surface area contributed by atoms with E-state index >= 15 is 0 Å². The third kappa shape index (κ3) is 8.52. The van der Waals surface area contributed by atoms with Gasteiger partial charge >= 0.3 is 0 Å². The molecule has 19 heavy (non-hydrogen) atoms. The van der Waals surface area contributed by atoms with Crippen LogP contribution in [0.4, 0.5) is 0 Å². The minimum absolute atomic E-state index is 0.973. The van der Waals surface area contributed by atoms with Gasteiger partial charge in [0.1, 0.15) is 0 Å². The lowest BCUT2D eigenvalue weighted by Crippen LogP contribution is -1.77. The van der Waals surface area contributed by atoms with E-state index in [1.54, 1.807) is 0 Å². The van der Waals surface area contributed by atoms with Crippen molar-refractivity contribution in [3.8, 4) is 23.7 Å². The molecule has 0 aromatic heterocycles. The van der Waals surface area contributed by atoms with Crippen molar-refractivity contribution in [2.24, 2.45) is 0 Å². The molecule has 0 saturated heterocycles. The van der Waals surface area contributed by atoms with Gasteiger partial charge in [0.2, 0.25) is 0 Å². The van der Waals surface area contributed by atoms with Gasteiger partial charge in [0.05, 0.1) is 0 Å². The topological polar surface area (TPSA) is 0 Å². The van der Waals surface area contributed by atoms with Crippen molar-refractivity contribution in [2.75, 3.05) is 0 Å². The van der Waals surface area contributed by atoms with E-state index in [4.69, 9.17) is 0 Å². The van der Waals surface area contributed by atoms with E-state index in [9.17, 15) is 0 Å². The van der Waals surface area contributed by atoms with Crippen LogP contribution in [0.25, 0.3) is 0 Å². The third-order valence-electron chi connectivity index (χ3n) is 2.86. The molecule has 1 aromatic carbocycles. The number of hydrogen-bond acceptors (Lipinski definition) is 0. The normalized spacial score (nSPS) is 9.16. The first-order chi connectivity index (χ1) is 9.33. The molecule has 0 aliphatic carbocycles. The van der Waals surface area contributed by atoms with Crippen LogP contribution in [0.1, 0.15) is 57.4 Å². The van der Waals surface area contributed by atoms with Crippen LogP contribution in [0.2, 0.25) is 0 Å². The quantitative estimate of drug-likeness (QED) is 0.476. The van der Waals surface area contributed by atoms with E-state index in [0.717, 1.165) is 16.5 Å². The van der Waals surface area contributed by atoms with Crippen LogP contribution in [-0.2, 0) is 0 Å². The fourth-order valence-electron chi connectivity index (χ4n) is 1.74.